The van der Waals surface area contributed by atoms with E-state index in [0.717, 1.165) is 56.0 Å². The molecule has 0 radical (unpaired) electrons. The summed E-state index contributed by atoms with van der Waals surface area (Å²) in [6.07, 6.45) is 5.61. The minimum Gasteiger partial charge on any atom is -0.465 e. The standard InChI is InChI=1S/C30H34F3N3O5S/c1-38-28(37)20-11-22(40-30(31,32)33)25-23(12-20)42-29(34-25)36-13-18-9-10-19(14-36)26(18)39-15-21-24(16-5-3-2-4-6-16)35-41-27(21)17-7-8-17/h11-12,16-19,26H,2-10,13-15H2,1H3/t18-,19?,26?/m0/s1. The lowest BCUT2D eigenvalue weighted by atomic mass is 9.85. The predicted molar refractivity (Wildman–Crippen MR) is 149 cm³/mol. The average molecular weight is 606 g/mol. The molecule has 3 heterocycles. The maximum atomic E-state index is 13.2. The predicted octanol–water partition coefficient (Wildman–Crippen LogP) is 7.33. The number of piperidine rings is 1. The summed E-state index contributed by atoms with van der Waals surface area (Å²) in [6.45, 7) is 1.93. The van der Waals surface area contributed by atoms with Crippen LogP contribution in [0.2, 0.25) is 0 Å². The van der Waals surface area contributed by atoms with E-state index in [2.05, 4.69) is 19.8 Å². The third-order valence-corrected chi connectivity index (χ3v) is 10.4. The molecule has 1 aliphatic heterocycles. The van der Waals surface area contributed by atoms with Crippen LogP contribution in [0.3, 0.4) is 0 Å². The third-order valence-electron chi connectivity index (χ3n) is 9.32. The van der Waals surface area contributed by atoms with Gasteiger partial charge >= 0.3 is 12.3 Å². The first-order valence-corrected chi connectivity index (χ1v) is 15.7. The van der Waals surface area contributed by atoms with Gasteiger partial charge in [-0.1, -0.05) is 35.8 Å². The van der Waals surface area contributed by atoms with E-state index in [-0.39, 0.29) is 29.0 Å². The molecule has 0 N–H and O–H groups in total. The van der Waals surface area contributed by atoms with Crippen LogP contribution in [0.5, 0.6) is 5.75 Å². The second kappa shape index (κ2) is 11.0. The van der Waals surface area contributed by atoms with Crippen molar-refractivity contribution in [1.82, 2.24) is 10.1 Å². The molecular formula is C30H34F3N3O5S. The highest BCUT2D eigenvalue weighted by atomic mass is 32.1. The third kappa shape index (κ3) is 5.47. The number of hydrogen-bond acceptors (Lipinski definition) is 9. The largest absolute Gasteiger partial charge is 0.573 e. The molecule has 8 nitrogen and oxygen atoms in total. The number of carbonyl (C=O) groups is 1. The van der Waals surface area contributed by atoms with Gasteiger partial charge in [-0.2, -0.15) is 0 Å². The van der Waals surface area contributed by atoms with Gasteiger partial charge in [-0.05, 0) is 50.7 Å². The summed E-state index contributed by atoms with van der Waals surface area (Å²) >= 11 is 1.26. The molecule has 3 aliphatic carbocycles. The van der Waals surface area contributed by atoms with Crippen LogP contribution >= 0.6 is 11.3 Å². The maximum absolute atomic E-state index is 13.2. The van der Waals surface area contributed by atoms with Crippen LogP contribution in [0.25, 0.3) is 10.2 Å². The van der Waals surface area contributed by atoms with Crippen molar-refractivity contribution in [2.24, 2.45) is 11.8 Å². The molecule has 0 amide bonds. The molecule has 42 heavy (non-hydrogen) atoms. The first kappa shape index (κ1) is 27.9. The fourth-order valence-corrected chi connectivity index (χ4v) is 8.22. The van der Waals surface area contributed by atoms with Gasteiger partial charge in [-0.25, -0.2) is 9.78 Å². The first-order valence-electron chi connectivity index (χ1n) is 14.9. The van der Waals surface area contributed by atoms with Crippen molar-refractivity contribution in [1.29, 1.82) is 0 Å². The SMILES string of the molecule is COC(=O)c1cc(OC(F)(F)F)c2nc(N3CC4CC[C@@H](C3)C4OCc3c(C4CCCCC4)noc3C3CC3)sc2c1. The Morgan fingerprint density at radius 1 is 1.05 bits per heavy atom. The van der Waals surface area contributed by atoms with Crippen molar-refractivity contribution in [3.8, 4) is 5.75 Å². The zero-order chi connectivity index (χ0) is 29.0. The molecule has 4 fully saturated rings. The number of aromatic nitrogens is 2. The fraction of sp³-hybridized carbons (Fsp3) is 0.633. The number of halogens is 3. The Morgan fingerprint density at radius 3 is 2.45 bits per heavy atom. The highest BCUT2D eigenvalue weighted by Crippen LogP contribution is 2.47. The van der Waals surface area contributed by atoms with Crippen molar-refractivity contribution in [2.75, 3.05) is 25.1 Å². The van der Waals surface area contributed by atoms with Crippen molar-refractivity contribution < 1.29 is 36.7 Å². The topological polar surface area (TPSA) is 86.9 Å². The van der Waals surface area contributed by atoms with E-state index in [1.54, 1.807) is 0 Å². The lowest BCUT2D eigenvalue weighted by Crippen LogP contribution is -2.46. The summed E-state index contributed by atoms with van der Waals surface area (Å²) < 4.78 is 61.6. The van der Waals surface area contributed by atoms with Gasteiger partial charge in [0.05, 0.1) is 35.8 Å². The summed E-state index contributed by atoms with van der Waals surface area (Å²) in [5, 5.41) is 5.18. The quantitative estimate of drug-likeness (QED) is 0.247. The number of rotatable bonds is 8. The number of carbonyl (C=O) groups excluding carboxylic acids is 1. The van der Waals surface area contributed by atoms with Gasteiger partial charge in [0.1, 0.15) is 11.3 Å². The van der Waals surface area contributed by atoms with E-state index >= 15 is 0 Å². The number of thiazole rings is 1. The number of alkyl halides is 3. The highest BCUT2D eigenvalue weighted by Gasteiger charge is 2.44. The van der Waals surface area contributed by atoms with Gasteiger partial charge in [0.2, 0.25) is 0 Å². The van der Waals surface area contributed by atoms with Crippen LogP contribution in [0.1, 0.15) is 97.0 Å². The molecule has 226 valence electrons. The van der Waals surface area contributed by atoms with Crippen molar-refractivity contribution in [2.45, 2.75) is 88.7 Å². The highest BCUT2D eigenvalue weighted by molar-refractivity contribution is 7.22. The Kier molecular flexibility index (Phi) is 7.32. The maximum Gasteiger partial charge on any atom is 0.573 e. The molecule has 2 unspecified atom stereocenters. The van der Waals surface area contributed by atoms with Crippen LogP contribution in [-0.4, -0.2) is 48.8 Å². The van der Waals surface area contributed by atoms with Gasteiger partial charge in [0, 0.05) is 42.3 Å². The molecule has 12 heteroatoms. The van der Waals surface area contributed by atoms with Crippen LogP contribution < -0.4 is 9.64 Å². The van der Waals surface area contributed by atoms with Gasteiger partial charge < -0.3 is 23.6 Å². The minimum atomic E-state index is -4.92. The minimum absolute atomic E-state index is 0.0153. The van der Waals surface area contributed by atoms with Crippen LogP contribution in [0.4, 0.5) is 18.3 Å². The summed E-state index contributed by atoms with van der Waals surface area (Å²) in [4.78, 5) is 18.8. The first-order chi connectivity index (χ1) is 20.3. The molecule has 7 rings (SSSR count). The lowest BCUT2D eigenvalue weighted by Gasteiger charge is -2.37. The van der Waals surface area contributed by atoms with Gasteiger partial charge in [-0.15, -0.1) is 13.2 Å². The lowest BCUT2D eigenvalue weighted by molar-refractivity contribution is -0.274. The number of anilines is 1. The van der Waals surface area contributed by atoms with Gasteiger partial charge in [-0.3, -0.25) is 0 Å². The number of hydrogen-bond donors (Lipinski definition) is 0. The Balaban J connectivity index is 1.09. The summed E-state index contributed by atoms with van der Waals surface area (Å²) in [6, 6.07) is 2.55. The van der Waals surface area contributed by atoms with E-state index in [4.69, 9.17) is 14.0 Å². The van der Waals surface area contributed by atoms with E-state index < -0.39 is 18.1 Å². The van der Waals surface area contributed by atoms with E-state index in [1.807, 2.05) is 0 Å². The Bertz CT molecular complexity index is 1450. The number of methoxy groups -OCH3 is 1. The van der Waals surface area contributed by atoms with E-state index in [9.17, 15) is 18.0 Å². The van der Waals surface area contributed by atoms with Gasteiger partial charge in [0.15, 0.2) is 10.9 Å². The zero-order valence-corrected chi connectivity index (χ0v) is 24.3. The van der Waals surface area contributed by atoms with E-state index in [0.29, 0.717) is 41.4 Å². The van der Waals surface area contributed by atoms with Crippen LogP contribution in [0, 0.1) is 11.8 Å². The average Bonchev–Trinajstić information content (AvgIpc) is 3.50. The van der Waals surface area contributed by atoms with Crippen LogP contribution in [0.15, 0.2) is 16.7 Å². The van der Waals surface area contributed by atoms with Crippen molar-refractivity contribution >= 4 is 32.7 Å². The van der Waals surface area contributed by atoms with Crippen molar-refractivity contribution in [3.63, 3.8) is 0 Å². The molecule has 4 aliphatic rings. The Morgan fingerprint density at radius 2 is 1.79 bits per heavy atom. The molecule has 0 spiro atoms. The molecule has 2 bridgehead atoms. The monoisotopic (exact) mass is 605 g/mol. The Hall–Kier alpha value is -2.86. The summed E-state index contributed by atoms with van der Waals surface area (Å²) in [7, 11) is 1.18. The molecule has 3 atom stereocenters. The molecule has 3 saturated carbocycles. The number of esters is 1. The second-order valence-corrected chi connectivity index (χ2v) is 13.2. The van der Waals surface area contributed by atoms with Crippen LogP contribution in [-0.2, 0) is 16.1 Å². The number of benzene rings is 1. The van der Waals surface area contributed by atoms with E-state index in [1.165, 1.54) is 49.3 Å². The zero-order valence-electron chi connectivity index (χ0n) is 23.5. The van der Waals surface area contributed by atoms with Gasteiger partial charge in [0.25, 0.3) is 0 Å². The Labute approximate surface area is 245 Å². The molecule has 2 aromatic heterocycles. The van der Waals surface area contributed by atoms with Crippen molar-refractivity contribution in [3.05, 3.63) is 34.7 Å². The summed E-state index contributed by atoms with van der Waals surface area (Å²) in [5.41, 5.74) is 2.36. The molecule has 3 aromatic rings. The normalized spacial score (nSPS) is 24.9. The molecule has 1 aromatic carbocycles. The fourth-order valence-electron chi connectivity index (χ4n) is 7.18. The summed E-state index contributed by atoms with van der Waals surface area (Å²) in [5.74, 6) is 1.29. The number of nitrogens with zero attached hydrogens (tertiary/aromatic N) is 3. The number of fused-ring (bicyclic) bond motifs is 3. The number of ether oxygens (including phenoxy) is 3. The second-order valence-electron chi connectivity index (χ2n) is 12.2. The molecular weight excluding hydrogens is 571 g/mol. The molecule has 1 saturated heterocycles. The smallest absolute Gasteiger partial charge is 0.465 e.